The van der Waals surface area contributed by atoms with Gasteiger partial charge in [-0.05, 0) is 12.1 Å². The minimum Gasteiger partial charge on any atom is -0.306 e. The fourth-order valence-corrected chi connectivity index (χ4v) is 1.68. The molecule has 0 aliphatic heterocycles. The SMILES string of the molecule is O=c1[nH]c(-c2ccc(C(F)(F)F)nc2)nc2[nH]ncc12. The predicted octanol–water partition coefficient (Wildman–Crippen LogP) is 1.73. The van der Waals surface area contributed by atoms with Gasteiger partial charge in [-0.3, -0.25) is 14.9 Å². The molecule has 0 aliphatic rings. The Morgan fingerprint density at radius 3 is 2.60 bits per heavy atom. The van der Waals surface area contributed by atoms with Crippen LogP contribution in [0.1, 0.15) is 5.69 Å². The first-order valence-corrected chi connectivity index (χ1v) is 5.42. The van der Waals surface area contributed by atoms with Gasteiger partial charge in [-0.15, -0.1) is 0 Å². The standard InChI is InChI=1S/C11H6F3N5O/c12-11(13,14)7-2-1-5(3-15-7)8-17-9-6(4-16-19-9)10(20)18-8/h1-4H,(H2,16,17,18,19,20). The minimum absolute atomic E-state index is 0.118. The highest BCUT2D eigenvalue weighted by molar-refractivity contribution is 5.74. The van der Waals surface area contributed by atoms with Gasteiger partial charge in [0.1, 0.15) is 16.9 Å². The Morgan fingerprint density at radius 1 is 1.15 bits per heavy atom. The summed E-state index contributed by atoms with van der Waals surface area (Å²) in [6, 6.07) is 2.02. The average molecular weight is 281 g/mol. The molecule has 0 aliphatic carbocycles. The lowest BCUT2D eigenvalue weighted by atomic mass is 10.2. The highest BCUT2D eigenvalue weighted by atomic mass is 19.4. The number of hydrogen-bond donors (Lipinski definition) is 2. The van der Waals surface area contributed by atoms with E-state index in [-0.39, 0.29) is 22.4 Å². The van der Waals surface area contributed by atoms with E-state index in [9.17, 15) is 18.0 Å². The van der Waals surface area contributed by atoms with Crippen molar-refractivity contribution in [2.75, 3.05) is 0 Å². The van der Waals surface area contributed by atoms with Crippen molar-refractivity contribution in [2.45, 2.75) is 6.18 Å². The number of rotatable bonds is 1. The molecule has 0 fully saturated rings. The fourth-order valence-electron chi connectivity index (χ4n) is 1.68. The number of pyridine rings is 1. The van der Waals surface area contributed by atoms with E-state index >= 15 is 0 Å². The van der Waals surface area contributed by atoms with Crippen molar-refractivity contribution in [1.29, 1.82) is 0 Å². The summed E-state index contributed by atoms with van der Waals surface area (Å²) < 4.78 is 37.2. The highest BCUT2D eigenvalue weighted by Gasteiger charge is 2.32. The maximum Gasteiger partial charge on any atom is 0.433 e. The van der Waals surface area contributed by atoms with Gasteiger partial charge in [0.2, 0.25) is 0 Å². The van der Waals surface area contributed by atoms with E-state index in [2.05, 4.69) is 25.1 Å². The summed E-state index contributed by atoms with van der Waals surface area (Å²) in [5.41, 5.74) is -0.917. The highest BCUT2D eigenvalue weighted by Crippen LogP contribution is 2.28. The van der Waals surface area contributed by atoms with E-state index in [0.29, 0.717) is 0 Å². The van der Waals surface area contributed by atoms with Crippen LogP contribution in [0.15, 0.2) is 29.3 Å². The molecular formula is C11H6F3N5O. The molecule has 0 unspecified atom stereocenters. The van der Waals surface area contributed by atoms with Gasteiger partial charge in [-0.2, -0.15) is 18.3 Å². The van der Waals surface area contributed by atoms with Crippen LogP contribution in [0.25, 0.3) is 22.4 Å². The van der Waals surface area contributed by atoms with Gasteiger partial charge in [0.05, 0.1) is 6.20 Å². The van der Waals surface area contributed by atoms with Crippen LogP contribution in [-0.4, -0.2) is 25.1 Å². The van der Waals surface area contributed by atoms with Gasteiger partial charge in [0.15, 0.2) is 5.65 Å². The van der Waals surface area contributed by atoms with Crippen LogP contribution in [0, 0.1) is 0 Å². The number of nitrogens with one attached hydrogen (secondary N) is 2. The van der Waals surface area contributed by atoms with Crippen molar-refractivity contribution in [3.8, 4) is 11.4 Å². The Hall–Kier alpha value is -2.71. The molecule has 9 heteroatoms. The van der Waals surface area contributed by atoms with E-state index in [0.717, 1.165) is 12.3 Å². The largest absolute Gasteiger partial charge is 0.433 e. The molecule has 3 aromatic heterocycles. The van der Waals surface area contributed by atoms with Crippen LogP contribution in [0.4, 0.5) is 13.2 Å². The number of fused-ring (bicyclic) bond motifs is 1. The number of aromatic amines is 2. The van der Waals surface area contributed by atoms with Crippen LogP contribution >= 0.6 is 0 Å². The quantitative estimate of drug-likeness (QED) is 0.711. The molecule has 0 amide bonds. The summed E-state index contributed by atoms with van der Waals surface area (Å²) in [5.74, 6) is 0.118. The number of H-pyrrole nitrogens is 2. The molecule has 0 radical (unpaired) electrons. The first-order valence-electron chi connectivity index (χ1n) is 5.42. The second kappa shape index (κ2) is 4.15. The summed E-state index contributed by atoms with van der Waals surface area (Å²) in [6.45, 7) is 0. The molecule has 0 saturated carbocycles. The number of halogens is 3. The summed E-state index contributed by atoms with van der Waals surface area (Å²) in [5, 5.41) is 6.47. The lowest BCUT2D eigenvalue weighted by Crippen LogP contribution is -2.10. The Balaban J connectivity index is 2.09. The fraction of sp³-hybridized carbons (Fsp3) is 0.0909. The second-order valence-electron chi connectivity index (χ2n) is 3.98. The first kappa shape index (κ1) is 12.3. The normalized spacial score (nSPS) is 11.9. The average Bonchev–Trinajstić information content (AvgIpc) is 2.86. The van der Waals surface area contributed by atoms with Crippen molar-refractivity contribution in [3.63, 3.8) is 0 Å². The van der Waals surface area contributed by atoms with Crippen LogP contribution in [0.5, 0.6) is 0 Å². The molecule has 3 aromatic rings. The molecule has 20 heavy (non-hydrogen) atoms. The first-order chi connectivity index (χ1) is 9.45. The molecule has 6 nitrogen and oxygen atoms in total. The third-order valence-electron chi connectivity index (χ3n) is 2.65. The Morgan fingerprint density at radius 2 is 1.95 bits per heavy atom. The Kier molecular flexibility index (Phi) is 2.56. The lowest BCUT2D eigenvalue weighted by molar-refractivity contribution is -0.141. The van der Waals surface area contributed by atoms with E-state index in [1.165, 1.54) is 12.3 Å². The molecule has 102 valence electrons. The van der Waals surface area contributed by atoms with E-state index < -0.39 is 17.4 Å². The zero-order valence-electron chi connectivity index (χ0n) is 9.69. The van der Waals surface area contributed by atoms with E-state index in [4.69, 9.17) is 0 Å². The number of alkyl halides is 3. The third kappa shape index (κ3) is 2.02. The summed E-state index contributed by atoms with van der Waals surface area (Å²) in [6.07, 6.45) is -2.19. The molecule has 2 N–H and O–H groups in total. The monoisotopic (exact) mass is 281 g/mol. The Bertz CT molecular complexity index is 818. The molecule has 0 atom stereocenters. The zero-order valence-corrected chi connectivity index (χ0v) is 9.69. The van der Waals surface area contributed by atoms with Gasteiger partial charge < -0.3 is 4.98 Å². The number of aromatic nitrogens is 5. The molecule has 0 spiro atoms. The predicted molar refractivity (Wildman–Crippen MR) is 62.7 cm³/mol. The smallest absolute Gasteiger partial charge is 0.306 e. The van der Waals surface area contributed by atoms with Crippen molar-refractivity contribution >= 4 is 11.0 Å². The lowest BCUT2D eigenvalue weighted by Gasteiger charge is -2.06. The van der Waals surface area contributed by atoms with Gasteiger partial charge >= 0.3 is 6.18 Å². The van der Waals surface area contributed by atoms with Gasteiger partial charge in [0, 0.05) is 11.8 Å². The number of hydrogen-bond acceptors (Lipinski definition) is 4. The van der Waals surface area contributed by atoms with Crippen LogP contribution in [-0.2, 0) is 6.18 Å². The van der Waals surface area contributed by atoms with E-state index in [1.54, 1.807) is 0 Å². The molecule has 0 aromatic carbocycles. The van der Waals surface area contributed by atoms with Crippen molar-refractivity contribution < 1.29 is 13.2 Å². The topological polar surface area (TPSA) is 87.3 Å². The summed E-state index contributed by atoms with van der Waals surface area (Å²) in [7, 11) is 0. The molecule has 3 heterocycles. The second-order valence-corrected chi connectivity index (χ2v) is 3.98. The summed E-state index contributed by atoms with van der Waals surface area (Å²) >= 11 is 0. The minimum atomic E-state index is -4.51. The zero-order chi connectivity index (χ0) is 14.3. The summed E-state index contributed by atoms with van der Waals surface area (Å²) in [4.78, 5) is 21.5. The molecular weight excluding hydrogens is 275 g/mol. The van der Waals surface area contributed by atoms with Gasteiger partial charge in [-0.25, -0.2) is 4.98 Å². The molecule has 3 rings (SSSR count). The van der Waals surface area contributed by atoms with Gasteiger partial charge in [0.25, 0.3) is 5.56 Å². The maximum atomic E-state index is 12.4. The molecule has 0 bridgehead atoms. The Labute approximate surface area is 108 Å². The molecule has 0 saturated heterocycles. The van der Waals surface area contributed by atoms with Crippen LogP contribution in [0.3, 0.4) is 0 Å². The van der Waals surface area contributed by atoms with E-state index in [1.807, 2.05) is 0 Å². The van der Waals surface area contributed by atoms with Gasteiger partial charge in [-0.1, -0.05) is 0 Å². The maximum absolute atomic E-state index is 12.4. The van der Waals surface area contributed by atoms with Crippen molar-refractivity contribution in [3.05, 3.63) is 40.6 Å². The van der Waals surface area contributed by atoms with Crippen molar-refractivity contribution in [2.24, 2.45) is 0 Å². The third-order valence-corrected chi connectivity index (χ3v) is 2.65. The van der Waals surface area contributed by atoms with Crippen molar-refractivity contribution in [1.82, 2.24) is 25.1 Å². The van der Waals surface area contributed by atoms with Crippen LogP contribution < -0.4 is 5.56 Å². The number of nitrogens with zero attached hydrogens (tertiary/aromatic N) is 3. The van der Waals surface area contributed by atoms with Crippen LogP contribution in [0.2, 0.25) is 0 Å².